The molecule has 2 fully saturated rings. The van der Waals surface area contributed by atoms with Gasteiger partial charge < -0.3 is 20.3 Å². The minimum absolute atomic E-state index is 0.0290. The first-order valence-electron chi connectivity index (χ1n) is 12.4. The Morgan fingerprint density at radius 3 is 2.71 bits per heavy atom. The molecule has 4 rings (SSSR count). The SMILES string of the molecule is C[C@H](CCc1ncccc1C(N)=O)N1CCC(N(Cc2ccsc2)C(=O)NN2CCOCC2)CC1. The van der Waals surface area contributed by atoms with E-state index in [0.29, 0.717) is 50.9 Å². The average Bonchev–Trinajstić information content (AvgIpc) is 3.40. The van der Waals surface area contributed by atoms with Crippen molar-refractivity contribution in [2.75, 3.05) is 39.4 Å². The van der Waals surface area contributed by atoms with E-state index in [0.717, 1.165) is 38.0 Å². The van der Waals surface area contributed by atoms with Crippen LogP contribution in [0.25, 0.3) is 0 Å². The van der Waals surface area contributed by atoms with Crippen molar-refractivity contribution in [3.05, 3.63) is 52.0 Å². The third-order valence-corrected chi connectivity index (χ3v) is 7.71. The second-order valence-corrected chi connectivity index (χ2v) is 10.1. The molecule has 9 nitrogen and oxygen atoms in total. The number of aromatic nitrogens is 1. The van der Waals surface area contributed by atoms with Crippen molar-refractivity contribution in [2.24, 2.45) is 5.73 Å². The van der Waals surface area contributed by atoms with Crippen LogP contribution in [0.15, 0.2) is 35.2 Å². The van der Waals surface area contributed by atoms with Crippen LogP contribution < -0.4 is 11.2 Å². The van der Waals surface area contributed by atoms with E-state index in [1.165, 1.54) is 5.56 Å². The molecule has 2 saturated heterocycles. The minimum atomic E-state index is -0.428. The van der Waals surface area contributed by atoms with Gasteiger partial charge in [-0.2, -0.15) is 11.3 Å². The molecule has 1 atom stereocenters. The van der Waals surface area contributed by atoms with Gasteiger partial charge in [0.15, 0.2) is 0 Å². The molecule has 2 aliphatic heterocycles. The highest BCUT2D eigenvalue weighted by atomic mass is 32.1. The van der Waals surface area contributed by atoms with Gasteiger partial charge in [-0.25, -0.2) is 9.80 Å². The van der Waals surface area contributed by atoms with E-state index in [2.05, 4.69) is 39.1 Å². The number of aryl methyl sites for hydroxylation is 1. The first-order valence-corrected chi connectivity index (χ1v) is 13.3. The van der Waals surface area contributed by atoms with Crippen LogP contribution in [0.2, 0.25) is 0 Å². The summed E-state index contributed by atoms with van der Waals surface area (Å²) in [7, 11) is 0. The Balaban J connectivity index is 1.32. The van der Waals surface area contributed by atoms with Crippen LogP contribution in [0, 0.1) is 0 Å². The summed E-state index contributed by atoms with van der Waals surface area (Å²) in [6.45, 7) is 7.41. The first-order chi connectivity index (χ1) is 17.0. The van der Waals surface area contributed by atoms with E-state index in [1.807, 2.05) is 9.91 Å². The van der Waals surface area contributed by atoms with Crippen molar-refractivity contribution < 1.29 is 14.3 Å². The number of primary amides is 1. The van der Waals surface area contributed by atoms with E-state index in [4.69, 9.17) is 10.5 Å². The topological polar surface area (TPSA) is 104 Å². The lowest BCUT2D eigenvalue weighted by atomic mass is 9.99. The maximum absolute atomic E-state index is 13.3. The van der Waals surface area contributed by atoms with Gasteiger partial charge in [0.2, 0.25) is 0 Å². The third kappa shape index (κ3) is 7.00. The molecule has 2 aliphatic rings. The molecule has 0 radical (unpaired) electrons. The molecule has 0 aromatic carbocycles. The Labute approximate surface area is 211 Å². The van der Waals surface area contributed by atoms with E-state index in [1.54, 1.807) is 29.7 Å². The summed E-state index contributed by atoms with van der Waals surface area (Å²) < 4.78 is 5.41. The zero-order valence-corrected chi connectivity index (χ0v) is 21.2. The number of hydrogen-bond donors (Lipinski definition) is 2. The molecule has 0 spiro atoms. The number of urea groups is 1. The standard InChI is InChI=1S/C25H36N6O3S/c1-19(4-5-23-22(24(26)32)3-2-9-27-23)29-10-6-21(7-11-29)31(17-20-8-16-35-18-20)25(33)28-30-12-14-34-15-13-30/h2-3,8-9,16,18-19,21H,4-7,10-15,17H2,1H3,(H2,26,32)(H,28,33)/t19-/m1/s1. The maximum Gasteiger partial charge on any atom is 0.332 e. The van der Waals surface area contributed by atoms with Crippen LogP contribution >= 0.6 is 11.3 Å². The van der Waals surface area contributed by atoms with Gasteiger partial charge in [-0.3, -0.25) is 15.2 Å². The van der Waals surface area contributed by atoms with Crippen LogP contribution in [-0.4, -0.2) is 83.2 Å². The lowest BCUT2D eigenvalue weighted by Crippen LogP contribution is -2.56. The minimum Gasteiger partial charge on any atom is -0.379 e. The summed E-state index contributed by atoms with van der Waals surface area (Å²) >= 11 is 1.66. The predicted molar refractivity (Wildman–Crippen MR) is 136 cm³/mol. The fourth-order valence-corrected chi connectivity index (χ4v) is 5.51. The number of nitrogens with zero attached hydrogens (tertiary/aromatic N) is 4. The first kappa shape index (κ1) is 25.6. The van der Waals surface area contributed by atoms with Gasteiger partial charge in [-0.1, -0.05) is 0 Å². The summed E-state index contributed by atoms with van der Waals surface area (Å²) in [4.78, 5) is 33.8. The molecule has 35 heavy (non-hydrogen) atoms. The molecular weight excluding hydrogens is 464 g/mol. The Morgan fingerprint density at radius 2 is 2.03 bits per heavy atom. The van der Waals surface area contributed by atoms with Crippen molar-refractivity contribution in [2.45, 2.75) is 51.2 Å². The number of carbonyl (C=O) groups excluding carboxylic acids is 2. The van der Waals surface area contributed by atoms with Crippen molar-refractivity contribution in [3.63, 3.8) is 0 Å². The third-order valence-electron chi connectivity index (χ3n) is 6.98. The van der Waals surface area contributed by atoms with Crippen molar-refractivity contribution >= 4 is 23.3 Å². The number of hydrazine groups is 1. The van der Waals surface area contributed by atoms with E-state index >= 15 is 0 Å². The molecule has 2 aromatic heterocycles. The quantitative estimate of drug-likeness (QED) is 0.548. The monoisotopic (exact) mass is 500 g/mol. The summed E-state index contributed by atoms with van der Waals surface area (Å²) in [6.07, 6.45) is 5.19. The summed E-state index contributed by atoms with van der Waals surface area (Å²) in [5.41, 5.74) is 11.0. The molecular formula is C25H36N6O3S. The number of hydrogen-bond acceptors (Lipinski definition) is 7. The second-order valence-electron chi connectivity index (χ2n) is 9.29. The van der Waals surface area contributed by atoms with Gasteiger partial charge in [-0.05, 0) is 67.1 Å². The van der Waals surface area contributed by atoms with Crippen LogP contribution in [-0.2, 0) is 17.7 Å². The normalized spacial score (nSPS) is 18.8. The number of carbonyl (C=O) groups is 2. The molecule has 0 aliphatic carbocycles. The Morgan fingerprint density at radius 1 is 1.26 bits per heavy atom. The number of amides is 3. The van der Waals surface area contributed by atoms with Crippen LogP contribution in [0.4, 0.5) is 4.79 Å². The van der Waals surface area contributed by atoms with Gasteiger partial charge in [0.25, 0.3) is 5.91 Å². The van der Waals surface area contributed by atoms with E-state index in [9.17, 15) is 9.59 Å². The molecule has 0 unspecified atom stereocenters. The number of likely N-dealkylation sites (tertiary alicyclic amines) is 1. The molecule has 0 saturated carbocycles. The fourth-order valence-electron chi connectivity index (χ4n) is 4.85. The predicted octanol–water partition coefficient (Wildman–Crippen LogP) is 2.49. The molecule has 190 valence electrons. The fraction of sp³-hybridized carbons (Fsp3) is 0.560. The zero-order valence-electron chi connectivity index (χ0n) is 20.4. The van der Waals surface area contributed by atoms with Crippen LogP contribution in [0.5, 0.6) is 0 Å². The number of thiophene rings is 1. The number of piperidine rings is 1. The lowest BCUT2D eigenvalue weighted by molar-refractivity contribution is 0.0120. The second kappa shape index (κ2) is 12.4. The van der Waals surface area contributed by atoms with Crippen molar-refractivity contribution in [1.82, 2.24) is 25.2 Å². The smallest absolute Gasteiger partial charge is 0.332 e. The lowest BCUT2D eigenvalue weighted by Gasteiger charge is -2.41. The van der Waals surface area contributed by atoms with Gasteiger partial charge in [0.05, 0.1) is 24.5 Å². The summed E-state index contributed by atoms with van der Waals surface area (Å²) in [6, 6.07) is 6.09. The average molecular weight is 501 g/mol. The van der Waals surface area contributed by atoms with E-state index in [-0.39, 0.29) is 12.1 Å². The molecule has 3 amide bonds. The van der Waals surface area contributed by atoms with Gasteiger partial charge >= 0.3 is 6.03 Å². The van der Waals surface area contributed by atoms with Crippen LogP contribution in [0.3, 0.4) is 0 Å². The van der Waals surface area contributed by atoms with Gasteiger partial charge in [0, 0.05) is 51.0 Å². The maximum atomic E-state index is 13.3. The summed E-state index contributed by atoms with van der Waals surface area (Å²) in [5, 5.41) is 6.13. The Bertz CT molecular complexity index is 958. The zero-order chi connectivity index (χ0) is 24.6. The van der Waals surface area contributed by atoms with Gasteiger partial charge in [0.1, 0.15) is 0 Å². The number of nitrogens with one attached hydrogen (secondary N) is 1. The Kier molecular flexibility index (Phi) is 9.08. The molecule has 0 bridgehead atoms. The number of pyridine rings is 1. The van der Waals surface area contributed by atoms with Crippen molar-refractivity contribution in [1.29, 1.82) is 0 Å². The number of nitrogens with two attached hydrogens (primary N) is 1. The molecule has 4 heterocycles. The number of ether oxygens (including phenoxy) is 1. The molecule has 10 heteroatoms. The summed E-state index contributed by atoms with van der Waals surface area (Å²) in [5.74, 6) is -0.428. The van der Waals surface area contributed by atoms with Crippen molar-refractivity contribution in [3.8, 4) is 0 Å². The van der Waals surface area contributed by atoms with Crippen LogP contribution in [0.1, 0.15) is 47.8 Å². The molecule has 2 aromatic rings. The largest absolute Gasteiger partial charge is 0.379 e. The molecule has 3 N–H and O–H groups in total. The Hall–Kier alpha value is -2.53. The highest BCUT2D eigenvalue weighted by Gasteiger charge is 2.31. The highest BCUT2D eigenvalue weighted by Crippen LogP contribution is 2.23. The van der Waals surface area contributed by atoms with Gasteiger partial charge in [-0.15, -0.1) is 0 Å². The number of rotatable bonds is 9. The number of morpholine rings is 1. The highest BCUT2D eigenvalue weighted by molar-refractivity contribution is 7.07. The van der Waals surface area contributed by atoms with E-state index < -0.39 is 5.91 Å².